The summed E-state index contributed by atoms with van der Waals surface area (Å²) in [6, 6.07) is -0.997. The van der Waals surface area contributed by atoms with Gasteiger partial charge in [-0.1, -0.05) is 361 Å². The van der Waals surface area contributed by atoms with E-state index in [1.54, 1.807) is 6.08 Å². The van der Waals surface area contributed by atoms with Crippen molar-refractivity contribution in [2.45, 2.75) is 452 Å². The quantitative estimate of drug-likeness (QED) is 0.0199. The topological polar surface area (TPSA) is 307 Å². The van der Waals surface area contributed by atoms with Crippen LogP contribution in [0.15, 0.2) is 109 Å². The highest BCUT2D eigenvalue weighted by molar-refractivity contribution is 5.76. The van der Waals surface area contributed by atoms with Crippen LogP contribution in [0.1, 0.15) is 348 Å². The largest absolute Gasteiger partial charge is 0.394 e. The number of rotatable bonds is 73. The molecule has 3 saturated heterocycles. The van der Waals surface area contributed by atoms with Gasteiger partial charge in [0.05, 0.1) is 38.6 Å². The molecule has 3 aliphatic heterocycles. The van der Waals surface area contributed by atoms with Crippen molar-refractivity contribution in [2.75, 3.05) is 26.4 Å². The number of aliphatic hydroxyl groups is 11. The zero-order valence-electron chi connectivity index (χ0n) is 70.6. The molecule has 19 nitrogen and oxygen atoms in total. The van der Waals surface area contributed by atoms with Crippen molar-refractivity contribution < 1.29 is 89.4 Å². The van der Waals surface area contributed by atoms with Crippen molar-refractivity contribution in [1.82, 2.24) is 5.32 Å². The number of unbranched alkanes of at least 4 members (excludes halogenated alkanes) is 41. The minimum atomic E-state index is -1.99. The highest BCUT2D eigenvalue weighted by Crippen LogP contribution is 2.33. The van der Waals surface area contributed by atoms with E-state index in [0.29, 0.717) is 12.8 Å². The first-order valence-electron chi connectivity index (χ1n) is 45.6. The van der Waals surface area contributed by atoms with Gasteiger partial charge in [0.2, 0.25) is 5.91 Å². The van der Waals surface area contributed by atoms with Crippen LogP contribution in [0, 0.1) is 0 Å². The lowest BCUT2D eigenvalue weighted by atomic mass is 9.96. The molecule has 0 aromatic rings. The smallest absolute Gasteiger partial charge is 0.220 e. The third-order valence-corrected chi connectivity index (χ3v) is 22.1. The number of allylic oxidation sites excluding steroid dienone is 17. The van der Waals surface area contributed by atoms with Crippen molar-refractivity contribution in [3.63, 3.8) is 0 Å². The van der Waals surface area contributed by atoms with Crippen molar-refractivity contribution in [2.24, 2.45) is 0 Å². The Hall–Kier alpha value is -3.55. The van der Waals surface area contributed by atoms with E-state index in [0.717, 1.165) is 83.5 Å². The average Bonchev–Trinajstić information content (AvgIpc) is 0.780. The predicted molar refractivity (Wildman–Crippen MR) is 457 cm³/mol. The van der Waals surface area contributed by atoms with Crippen LogP contribution in [-0.2, 0) is 33.2 Å². The number of hydrogen-bond donors (Lipinski definition) is 12. The maximum absolute atomic E-state index is 13.5. The fourth-order valence-corrected chi connectivity index (χ4v) is 14.8. The van der Waals surface area contributed by atoms with Gasteiger partial charge in [-0.05, 0) is 89.9 Å². The molecule has 0 saturated carbocycles. The van der Waals surface area contributed by atoms with Gasteiger partial charge in [0.15, 0.2) is 18.9 Å². The lowest BCUT2D eigenvalue weighted by molar-refractivity contribution is -0.379. The molecule has 12 N–H and O–H groups in total. The third kappa shape index (κ3) is 50.9. The molecule has 654 valence electrons. The van der Waals surface area contributed by atoms with Gasteiger partial charge in [0.1, 0.15) is 73.2 Å². The number of ether oxygens (including phenoxy) is 6. The van der Waals surface area contributed by atoms with Crippen LogP contribution in [0.3, 0.4) is 0 Å². The van der Waals surface area contributed by atoms with Crippen molar-refractivity contribution in [3.05, 3.63) is 109 Å². The lowest BCUT2D eigenvalue weighted by Gasteiger charge is -2.48. The molecule has 0 radical (unpaired) electrons. The third-order valence-electron chi connectivity index (χ3n) is 22.1. The van der Waals surface area contributed by atoms with Crippen molar-refractivity contribution in [3.8, 4) is 0 Å². The number of amides is 1. The molecular weight excluding hydrogens is 1430 g/mol. The van der Waals surface area contributed by atoms with Gasteiger partial charge < -0.3 is 89.9 Å². The van der Waals surface area contributed by atoms with Crippen LogP contribution in [0.5, 0.6) is 0 Å². The molecule has 17 unspecified atom stereocenters. The van der Waals surface area contributed by atoms with E-state index in [1.165, 1.54) is 231 Å². The Kier molecular flexibility index (Phi) is 66.5. The second-order valence-electron chi connectivity index (χ2n) is 32.0. The van der Waals surface area contributed by atoms with E-state index in [1.807, 2.05) is 6.08 Å². The van der Waals surface area contributed by atoms with Gasteiger partial charge in [-0.3, -0.25) is 4.79 Å². The minimum Gasteiger partial charge on any atom is -0.394 e. The summed E-state index contributed by atoms with van der Waals surface area (Å²) in [7, 11) is 0. The highest BCUT2D eigenvalue weighted by atomic mass is 16.8. The fourth-order valence-electron chi connectivity index (χ4n) is 14.8. The average molecular weight is 1600 g/mol. The first-order chi connectivity index (χ1) is 55.3. The Morgan fingerprint density at radius 1 is 0.327 bits per heavy atom. The zero-order chi connectivity index (χ0) is 81.7. The number of aliphatic hydroxyl groups excluding tert-OH is 11. The molecule has 17 atom stereocenters. The summed E-state index contributed by atoms with van der Waals surface area (Å²) in [6.45, 7) is 1.64. The van der Waals surface area contributed by atoms with E-state index >= 15 is 0 Å². The SMILES string of the molecule is CC/C=C\C/C=C\C/C=C\C/C=C\C/C=C\C/C=C\C/C=C\CCCCCCCCCCCCCCCCCCCC(=O)NC(COC1OC(CO)C(OC2OC(CO)C(OC3OC(CO)C(O)C(O)C3O)C(O)C2O)C(O)C1O)C(O)/C=C/CC/C=C/CCCCCCCCCCCCCCCCCCCCCCCCC. The molecule has 113 heavy (non-hydrogen) atoms. The van der Waals surface area contributed by atoms with Gasteiger partial charge in [0.25, 0.3) is 0 Å². The van der Waals surface area contributed by atoms with Gasteiger partial charge in [-0.25, -0.2) is 0 Å². The molecule has 3 heterocycles. The molecule has 0 aliphatic carbocycles. The van der Waals surface area contributed by atoms with Crippen LogP contribution < -0.4 is 5.32 Å². The van der Waals surface area contributed by atoms with Crippen LogP contribution >= 0.6 is 0 Å². The van der Waals surface area contributed by atoms with Crippen molar-refractivity contribution in [1.29, 1.82) is 0 Å². The minimum absolute atomic E-state index is 0.232. The zero-order valence-corrected chi connectivity index (χ0v) is 70.6. The van der Waals surface area contributed by atoms with E-state index in [-0.39, 0.29) is 18.9 Å². The second kappa shape index (κ2) is 72.5. The summed E-state index contributed by atoms with van der Waals surface area (Å²) >= 11 is 0. The van der Waals surface area contributed by atoms with E-state index in [4.69, 9.17) is 28.4 Å². The Morgan fingerprint density at radius 2 is 0.619 bits per heavy atom. The Labute approximate surface area is 685 Å². The molecule has 3 rings (SSSR count). The molecule has 0 aromatic carbocycles. The normalized spacial score (nSPS) is 25.3. The summed E-state index contributed by atoms with van der Waals surface area (Å²) in [5.41, 5.74) is 0. The number of nitrogens with one attached hydrogen (secondary N) is 1. The molecule has 0 spiro atoms. The van der Waals surface area contributed by atoms with Gasteiger partial charge in [-0.15, -0.1) is 0 Å². The maximum Gasteiger partial charge on any atom is 0.220 e. The van der Waals surface area contributed by atoms with E-state index < -0.39 is 124 Å². The lowest BCUT2D eigenvalue weighted by Crippen LogP contribution is -2.66. The van der Waals surface area contributed by atoms with Crippen LogP contribution in [0.2, 0.25) is 0 Å². The highest BCUT2D eigenvalue weighted by Gasteiger charge is 2.54. The standard InChI is InChI=1S/C94H165NO18/c1-3-5-7-9-11-13-15-17-19-21-23-25-27-29-31-33-34-35-36-37-38-39-40-41-42-44-46-48-50-52-54-56-58-60-62-64-66-68-70-72-82(100)95-77(78(99)71-69-67-65-63-61-59-57-55-53-51-49-47-45-43-32-30-28-26-24-22-20-18-16-14-12-10-8-6-4-2)76-108-92-88(106)85(103)90(80(74-97)110-92)113-94-89(107)86(104)91(81(75-98)111-94)112-93-87(105)84(102)83(101)79(73-96)109-93/h5,7,11,13,17,19,23,25,29,31,34-35,37-38,61,63,69,71,77-81,83-94,96-99,101-107H,3-4,6,8-10,12,14-16,18,20-22,24,26-28,30,32-33,36,39-60,62,64-68,70,72-76H2,1-2H3,(H,95,100)/b7-5-,13-11-,19-17-,25-23-,31-29-,35-34-,38-37-,63-61+,71-69+. The molecular formula is C94H165NO18. The van der Waals surface area contributed by atoms with Gasteiger partial charge in [-0.2, -0.15) is 0 Å². The molecule has 19 heteroatoms. The Morgan fingerprint density at radius 3 is 0.991 bits per heavy atom. The first kappa shape index (κ1) is 104. The molecule has 0 bridgehead atoms. The fraction of sp³-hybridized carbons (Fsp3) is 0.798. The summed E-state index contributed by atoms with van der Waals surface area (Å²) < 4.78 is 34.5. The maximum atomic E-state index is 13.5. The Balaban J connectivity index is 1.33. The van der Waals surface area contributed by atoms with Crippen LogP contribution in [0.25, 0.3) is 0 Å². The predicted octanol–water partition coefficient (Wildman–Crippen LogP) is 17.6. The summed E-state index contributed by atoms with van der Waals surface area (Å²) in [6.07, 6.45) is 75.3. The Bertz CT molecular complexity index is 2460. The van der Waals surface area contributed by atoms with E-state index in [2.05, 4.69) is 116 Å². The molecule has 1 amide bonds. The molecule has 3 aliphatic rings. The monoisotopic (exact) mass is 1600 g/mol. The summed E-state index contributed by atoms with van der Waals surface area (Å²) in [5.74, 6) is -0.283. The van der Waals surface area contributed by atoms with Crippen LogP contribution in [0.4, 0.5) is 0 Å². The van der Waals surface area contributed by atoms with Crippen molar-refractivity contribution >= 4 is 5.91 Å². The first-order valence-corrected chi connectivity index (χ1v) is 45.6. The van der Waals surface area contributed by atoms with E-state index in [9.17, 15) is 61.0 Å². The number of hydrogen-bond acceptors (Lipinski definition) is 18. The van der Waals surface area contributed by atoms with Gasteiger partial charge in [0, 0.05) is 6.42 Å². The molecule has 3 fully saturated rings. The number of carbonyl (C=O) groups is 1. The van der Waals surface area contributed by atoms with Crippen LogP contribution in [-0.4, -0.2) is 193 Å². The second-order valence-corrected chi connectivity index (χ2v) is 32.0. The number of carbonyl (C=O) groups excluding carboxylic acids is 1. The summed E-state index contributed by atoms with van der Waals surface area (Å²) in [4.78, 5) is 13.5. The molecule has 0 aromatic heterocycles. The van der Waals surface area contributed by atoms with Gasteiger partial charge >= 0.3 is 0 Å². The summed E-state index contributed by atoms with van der Waals surface area (Å²) in [5, 5.41) is 121.